The molecule has 1 fully saturated rings. The number of hydrogen-bond donors (Lipinski definition) is 2. The Morgan fingerprint density at radius 2 is 1.87 bits per heavy atom. The Labute approximate surface area is 193 Å². The van der Waals surface area contributed by atoms with Crippen LogP contribution in [0.2, 0.25) is 10.0 Å². The van der Waals surface area contributed by atoms with Crippen LogP contribution in [0, 0.1) is 6.92 Å². The zero-order chi connectivity index (χ0) is 22.0. The van der Waals surface area contributed by atoms with Gasteiger partial charge in [-0.15, -0.1) is 10.2 Å². The second-order valence-electron chi connectivity index (χ2n) is 7.17. The molecule has 1 aromatic heterocycles. The van der Waals surface area contributed by atoms with E-state index in [0.717, 1.165) is 18.4 Å². The van der Waals surface area contributed by atoms with Crippen LogP contribution in [0.5, 0.6) is 0 Å². The molecule has 0 unspecified atom stereocenters. The van der Waals surface area contributed by atoms with Crippen molar-refractivity contribution < 1.29 is 9.59 Å². The molecule has 0 aliphatic carbocycles. The SMILES string of the molecule is Cc1ccc(NC(=O)N2CCC[C@@H]2c2nnc(C(=O)Nc3ccc(Cl)cc3)s2)c(Cl)c1. The molecule has 0 saturated carbocycles. The van der Waals surface area contributed by atoms with Crippen molar-refractivity contribution in [2.24, 2.45) is 0 Å². The monoisotopic (exact) mass is 475 g/mol. The normalized spacial score (nSPS) is 15.7. The maximum Gasteiger partial charge on any atom is 0.322 e. The molecule has 2 heterocycles. The van der Waals surface area contributed by atoms with Crippen molar-refractivity contribution in [1.29, 1.82) is 0 Å². The molecule has 3 aromatic rings. The Morgan fingerprint density at radius 3 is 2.61 bits per heavy atom. The molecular formula is C21H19Cl2N5O2S. The van der Waals surface area contributed by atoms with Crippen LogP contribution in [0.15, 0.2) is 42.5 Å². The van der Waals surface area contributed by atoms with E-state index in [1.165, 1.54) is 11.3 Å². The summed E-state index contributed by atoms with van der Waals surface area (Å²) in [5.41, 5.74) is 2.19. The predicted molar refractivity (Wildman–Crippen MR) is 123 cm³/mol. The van der Waals surface area contributed by atoms with Gasteiger partial charge in [0.1, 0.15) is 5.01 Å². The topological polar surface area (TPSA) is 87.2 Å². The average Bonchev–Trinajstić information content (AvgIpc) is 3.41. The minimum Gasteiger partial charge on any atom is -0.320 e. The fraction of sp³-hybridized carbons (Fsp3) is 0.238. The number of likely N-dealkylation sites (tertiary alicyclic amines) is 1. The Morgan fingerprint density at radius 1 is 1.10 bits per heavy atom. The van der Waals surface area contributed by atoms with Gasteiger partial charge in [-0.1, -0.05) is 40.6 Å². The number of aryl methyl sites for hydroxylation is 1. The van der Waals surface area contributed by atoms with Crippen LogP contribution in [-0.2, 0) is 0 Å². The molecule has 3 amide bonds. The first-order chi connectivity index (χ1) is 14.9. The highest BCUT2D eigenvalue weighted by molar-refractivity contribution is 7.13. The number of nitrogens with zero attached hydrogens (tertiary/aromatic N) is 3. The van der Waals surface area contributed by atoms with Gasteiger partial charge in [-0.25, -0.2) is 4.79 Å². The van der Waals surface area contributed by atoms with Crippen molar-refractivity contribution in [3.8, 4) is 0 Å². The lowest BCUT2D eigenvalue weighted by molar-refractivity contribution is 0.102. The molecule has 1 aliphatic heterocycles. The first kappa shape index (κ1) is 21.5. The van der Waals surface area contributed by atoms with Gasteiger partial charge >= 0.3 is 6.03 Å². The van der Waals surface area contributed by atoms with Crippen molar-refractivity contribution in [1.82, 2.24) is 15.1 Å². The highest BCUT2D eigenvalue weighted by Gasteiger charge is 2.33. The number of halogens is 2. The number of carbonyl (C=O) groups is 2. The van der Waals surface area contributed by atoms with Gasteiger partial charge < -0.3 is 15.5 Å². The molecule has 4 rings (SSSR count). The quantitative estimate of drug-likeness (QED) is 0.500. The Balaban J connectivity index is 1.45. The summed E-state index contributed by atoms with van der Waals surface area (Å²) >= 11 is 13.3. The van der Waals surface area contributed by atoms with Crippen LogP contribution < -0.4 is 10.6 Å². The molecule has 7 nitrogen and oxygen atoms in total. The van der Waals surface area contributed by atoms with E-state index in [9.17, 15) is 9.59 Å². The van der Waals surface area contributed by atoms with Gasteiger partial charge in [0.05, 0.1) is 16.8 Å². The molecule has 1 atom stereocenters. The molecule has 0 radical (unpaired) electrons. The summed E-state index contributed by atoms with van der Waals surface area (Å²) in [5.74, 6) is -0.355. The van der Waals surface area contributed by atoms with Gasteiger partial charge in [0, 0.05) is 17.3 Å². The summed E-state index contributed by atoms with van der Waals surface area (Å²) in [5, 5.41) is 15.8. The third-order valence-corrected chi connectivity index (χ3v) is 6.49. The molecule has 10 heteroatoms. The molecule has 31 heavy (non-hydrogen) atoms. The highest BCUT2D eigenvalue weighted by Crippen LogP contribution is 2.34. The van der Waals surface area contributed by atoms with Crippen molar-refractivity contribution in [3.05, 3.63) is 68.1 Å². The lowest BCUT2D eigenvalue weighted by Crippen LogP contribution is -2.34. The Hall–Kier alpha value is -2.68. The molecule has 2 aromatic carbocycles. The third kappa shape index (κ3) is 4.98. The van der Waals surface area contributed by atoms with Crippen LogP contribution in [0.25, 0.3) is 0 Å². The van der Waals surface area contributed by atoms with E-state index in [1.807, 2.05) is 13.0 Å². The third-order valence-electron chi connectivity index (χ3n) is 4.90. The van der Waals surface area contributed by atoms with Crippen molar-refractivity contribution in [2.75, 3.05) is 17.2 Å². The largest absolute Gasteiger partial charge is 0.322 e. The van der Waals surface area contributed by atoms with Gasteiger partial charge in [0.15, 0.2) is 0 Å². The summed E-state index contributed by atoms with van der Waals surface area (Å²) in [6.07, 6.45) is 1.59. The van der Waals surface area contributed by atoms with Gasteiger partial charge in [-0.05, 0) is 61.7 Å². The van der Waals surface area contributed by atoms with Crippen LogP contribution in [0.3, 0.4) is 0 Å². The summed E-state index contributed by atoms with van der Waals surface area (Å²) in [7, 11) is 0. The second kappa shape index (κ2) is 9.21. The molecule has 160 valence electrons. The van der Waals surface area contributed by atoms with Gasteiger partial charge in [0.25, 0.3) is 5.91 Å². The first-order valence-corrected chi connectivity index (χ1v) is 11.2. The Bertz CT molecular complexity index is 1120. The first-order valence-electron chi connectivity index (χ1n) is 9.65. The van der Waals surface area contributed by atoms with Crippen LogP contribution in [0.4, 0.5) is 16.2 Å². The van der Waals surface area contributed by atoms with Crippen molar-refractivity contribution in [3.63, 3.8) is 0 Å². The van der Waals surface area contributed by atoms with Crippen molar-refractivity contribution in [2.45, 2.75) is 25.8 Å². The molecule has 1 aliphatic rings. The molecule has 1 saturated heterocycles. The average molecular weight is 476 g/mol. The van der Waals surface area contributed by atoms with Crippen LogP contribution >= 0.6 is 34.5 Å². The van der Waals surface area contributed by atoms with E-state index >= 15 is 0 Å². The van der Waals surface area contributed by atoms with Gasteiger partial charge in [-0.3, -0.25) is 4.79 Å². The zero-order valence-corrected chi connectivity index (χ0v) is 18.9. The number of urea groups is 1. The lowest BCUT2D eigenvalue weighted by atomic mass is 10.2. The summed E-state index contributed by atoms with van der Waals surface area (Å²) in [4.78, 5) is 27.1. The number of benzene rings is 2. The number of aromatic nitrogens is 2. The van der Waals surface area contributed by atoms with E-state index in [4.69, 9.17) is 23.2 Å². The number of amides is 3. The standard InChI is InChI=1S/C21H19Cl2N5O2S/c1-12-4-9-16(15(23)11-12)25-21(30)28-10-2-3-17(28)19-26-27-20(31-19)18(29)24-14-7-5-13(22)6-8-14/h4-9,11,17H,2-3,10H2,1H3,(H,24,29)(H,25,30)/t17-/m1/s1. The number of hydrogen-bond acceptors (Lipinski definition) is 5. The predicted octanol–water partition coefficient (Wildman–Crippen LogP) is 5.77. The Kier molecular flexibility index (Phi) is 6.41. The number of anilines is 2. The minimum atomic E-state index is -0.355. The van der Waals surface area contributed by atoms with E-state index in [1.54, 1.807) is 41.3 Å². The summed E-state index contributed by atoms with van der Waals surface area (Å²) in [6, 6.07) is 11.8. The van der Waals surface area contributed by atoms with Gasteiger partial charge in [0.2, 0.25) is 5.01 Å². The van der Waals surface area contributed by atoms with Crippen molar-refractivity contribution >= 4 is 57.9 Å². The number of rotatable bonds is 4. The summed E-state index contributed by atoms with van der Waals surface area (Å²) in [6.45, 7) is 2.52. The van der Waals surface area contributed by atoms with E-state index in [2.05, 4.69) is 20.8 Å². The molecule has 0 spiro atoms. The molecule has 2 N–H and O–H groups in total. The fourth-order valence-corrected chi connectivity index (χ4v) is 4.65. The number of nitrogens with one attached hydrogen (secondary N) is 2. The van der Waals surface area contributed by atoms with E-state index < -0.39 is 0 Å². The highest BCUT2D eigenvalue weighted by atomic mass is 35.5. The second-order valence-corrected chi connectivity index (χ2v) is 9.02. The molecular weight excluding hydrogens is 457 g/mol. The van der Waals surface area contributed by atoms with E-state index in [0.29, 0.717) is 33.0 Å². The smallest absolute Gasteiger partial charge is 0.320 e. The summed E-state index contributed by atoms with van der Waals surface area (Å²) < 4.78 is 0. The number of carbonyl (C=O) groups excluding carboxylic acids is 2. The minimum absolute atomic E-state index is 0.235. The lowest BCUT2D eigenvalue weighted by Gasteiger charge is -2.23. The molecule has 0 bridgehead atoms. The van der Waals surface area contributed by atoms with Crippen LogP contribution in [-0.4, -0.2) is 33.6 Å². The maximum absolute atomic E-state index is 12.9. The van der Waals surface area contributed by atoms with Gasteiger partial charge in [-0.2, -0.15) is 0 Å². The van der Waals surface area contributed by atoms with E-state index in [-0.39, 0.29) is 23.0 Å². The fourth-order valence-electron chi connectivity index (χ4n) is 3.35. The van der Waals surface area contributed by atoms with Crippen LogP contribution in [0.1, 0.15) is 39.3 Å². The zero-order valence-electron chi connectivity index (χ0n) is 16.6. The maximum atomic E-state index is 12.9.